The lowest BCUT2D eigenvalue weighted by atomic mass is 9.75. The number of hydrogen-bond acceptors (Lipinski definition) is 3. The third-order valence-corrected chi connectivity index (χ3v) is 4.39. The molecule has 2 atom stereocenters. The van der Waals surface area contributed by atoms with Gasteiger partial charge in [-0.3, -0.25) is 0 Å². The molecule has 1 aromatic carbocycles. The lowest BCUT2D eigenvalue weighted by Crippen LogP contribution is -2.40. The maximum absolute atomic E-state index is 8.85. The summed E-state index contributed by atoms with van der Waals surface area (Å²) >= 11 is 0. The summed E-state index contributed by atoms with van der Waals surface area (Å²) in [6.45, 7) is 4.67. The molecule has 0 radical (unpaired) electrons. The van der Waals surface area contributed by atoms with Crippen molar-refractivity contribution in [3.05, 3.63) is 35.9 Å². The Labute approximate surface area is 127 Å². The van der Waals surface area contributed by atoms with Crippen molar-refractivity contribution in [2.24, 2.45) is 16.3 Å². The van der Waals surface area contributed by atoms with Crippen molar-refractivity contribution in [2.75, 3.05) is 0 Å². The Morgan fingerprint density at radius 3 is 2.76 bits per heavy atom. The van der Waals surface area contributed by atoms with Gasteiger partial charge in [-0.05, 0) is 30.2 Å². The van der Waals surface area contributed by atoms with Crippen LogP contribution in [0, 0.1) is 5.41 Å². The monoisotopic (exact) mass is 289 g/mol. The average Bonchev–Trinajstić information content (AvgIpc) is 2.46. The van der Waals surface area contributed by atoms with Crippen LogP contribution in [0.4, 0.5) is 0 Å². The number of nitrogens with one attached hydrogen (secondary N) is 1. The standard InChI is InChI=1S/C17H27N3O/c1-17(2)10-6-9-14(12-17)19-15(11-16(18)20-21)13-7-4-3-5-8-13/h3-5,7-8,14-15,19,21H,6,9-12H2,1-2H3,(H2,18,20). The zero-order valence-electron chi connectivity index (χ0n) is 13.0. The Morgan fingerprint density at radius 2 is 2.14 bits per heavy atom. The lowest BCUT2D eigenvalue weighted by molar-refractivity contribution is 0.189. The second-order valence-corrected chi connectivity index (χ2v) is 6.88. The van der Waals surface area contributed by atoms with Gasteiger partial charge < -0.3 is 16.3 Å². The third kappa shape index (κ3) is 4.74. The molecule has 0 spiro atoms. The van der Waals surface area contributed by atoms with Crippen LogP contribution >= 0.6 is 0 Å². The Bertz CT molecular complexity index is 470. The fraction of sp³-hybridized carbons (Fsp3) is 0.588. The van der Waals surface area contributed by atoms with Crippen LogP contribution in [0.5, 0.6) is 0 Å². The van der Waals surface area contributed by atoms with E-state index in [2.05, 4.69) is 36.5 Å². The number of amidine groups is 1. The summed E-state index contributed by atoms with van der Waals surface area (Å²) in [5, 5.41) is 15.7. The van der Waals surface area contributed by atoms with Crippen LogP contribution in [0.15, 0.2) is 35.5 Å². The summed E-state index contributed by atoms with van der Waals surface area (Å²) < 4.78 is 0. The minimum Gasteiger partial charge on any atom is -0.409 e. The van der Waals surface area contributed by atoms with E-state index in [0.717, 1.165) is 0 Å². The van der Waals surface area contributed by atoms with Gasteiger partial charge in [-0.25, -0.2) is 0 Å². The molecule has 1 aliphatic carbocycles. The Kier molecular flexibility index (Phi) is 5.23. The normalized spacial score (nSPS) is 23.7. The molecule has 2 rings (SSSR count). The zero-order valence-corrected chi connectivity index (χ0v) is 13.0. The topological polar surface area (TPSA) is 70.6 Å². The molecule has 0 amide bonds. The van der Waals surface area contributed by atoms with Gasteiger partial charge in [0, 0.05) is 18.5 Å². The second kappa shape index (κ2) is 6.94. The molecule has 1 saturated carbocycles. The van der Waals surface area contributed by atoms with Crippen LogP contribution in [-0.4, -0.2) is 17.1 Å². The highest BCUT2D eigenvalue weighted by Crippen LogP contribution is 2.36. The molecule has 4 heteroatoms. The second-order valence-electron chi connectivity index (χ2n) is 6.88. The Morgan fingerprint density at radius 1 is 1.43 bits per heavy atom. The summed E-state index contributed by atoms with van der Waals surface area (Å²) in [4.78, 5) is 0. The molecule has 1 aliphatic rings. The summed E-state index contributed by atoms with van der Waals surface area (Å²) in [7, 11) is 0. The minimum absolute atomic E-state index is 0.0981. The molecule has 0 saturated heterocycles. The van der Waals surface area contributed by atoms with Gasteiger partial charge in [0.2, 0.25) is 0 Å². The highest BCUT2D eigenvalue weighted by Gasteiger charge is 2.29. The van der Waals surface area contributed by atoms with Gasteiger partial charge in [0.05, 0.1) is 0 Å². The van der Waals surface area contributed by atoms with Crippen molar-refractivity contribution in [3.63, 3.8) is 0 Å². The van der Waals surface area contributed by atoms with Crippen molar-refractivity contribution in [1.29, 1.82) is 0 Å². The number of benzene rings is 1. The Balaban J connectivity index is 2.09. The van der Waals surface area contributed by atoms with E-state index >= 15 is 0 Å². The fourth-order valence-corrected chi connectivity index (χ4v) is 3.33. The van der Waals surface area contributed by atoms with Crippen molar-refractivity contribution in [1.82, 2.24) is 5.32 Å². The maximum atomic E-state index is 8.85. The van der Waals surface area contributed by atoms with Gasteiger partial charge in [-0.1, -0.05) is 55.8 Å². The van der Waals surface area contributed by atoms with E-state index in [9.17, 15) is 0 Å². The van der Waals surface area contributed by atoms with Crippen LogP contribution < -0.4 is 11.1 Å². The number of nitrogens with zero attached hydrogens (tertiary/aromatic N) is 1. The molecule has 1 aromatic rings. The molecule has 4 N–H and O–H groups in total. The minimum atomic E-state index is 0.0981. The maximum Gasteiger partial charge on any atom is 0.141 e. The third-order valence-electron chi connectivity index (χ3n) is 4.39. The molecule has 4 nitrogen and oxygen atoms in total. The summed E-state index contributed by atoms with van der Waals surface area (Å²) in [5.41, 5.74) is 7.31. The van der Waals surface area contributed by atoms with Crippen LogP contribution in [-0.2, 0) is 0 Å². The van der Waals surface area contributed by atoms with Gasteiger partial charge in [0.1, 0.15) is 5.84 Å². The Hall–Kier alpha value is -1.55. The summed E-state index contributed by atoms with van der Waals surface area (Å²) in [5.74, 6) is 0.270. The van der Waals surface area contributed by atoms with Crippen molar-refractivity contribution in [2.45, 2.75) is 58.0 Å². The average molecular weight is 289 g/mol. The van der Waals surface area contributed by atoms with Crippen LogP contribution in [0.1, 0.15) is 57.6 Å². The van der Waals surface area contributed by atoms with Gasteiger partial charge >= 0.3 is 0 Å². The van der Waals surface area contributed by atoms with Crippen LogP contribution in [0.2, 0.25) is 0 Å². The first-order chi connectivity index (χ1) is 10.00. The fourth-order valence-electron chi connectivity index (χ4n) is 3.33. The van der Waals surface area contributed by atoms with Gasteiger partial charge in [-0.2, -0.15) is 0 Å². The van der Waals surface area contributed by atoms with E-state index in [-0.39, 0.29) is 11.9 Å². The first-order valence-electron chi connectivity index (χ1n) is 7.77. The first kappa shape index (κ1) is 15.8. The SMILES string of the molecule is CC1(C)CCCC(NC(C/C(N)=N/O)c2ccccc2)C1. The molecule has 1 fully saturated rings. The first-order valence-corrected chi connectivity index (χ1v) is 7.77. The van der Waals surface area contributed by atoms with E-state index in [1.165, 1.54) is 31.2 Å². The van der Waals surface area contributed by atoms with Crippen molar-refractivity contribution < 1.29 is 5.21 Å². The summed E-state index contributed by atoms with van der Waals surface area (Å²) in [6, 6.07) is 10.8. The number of rotatable bonds is 5. The molecule has 0 aromatic heterocycles. The quantitative estimate of drug-likeness (QED) is 0.336. The zero-order chi connectivity index (χ0) is 15.3. The number of oxime groups is 1. The van der Waals surface area contributed by atoms with Crippen molar-refractivity contribution in [3.8, 4) is 0 Å². The van der Waals surface area contributed by atoms with E-state index in [4.69, 9.17) is 10.9 Å². The van der Waals surface area contributed by atoms with Gasteiger partial charge in [-0.15, -0.1) is 0 Å². The molecular formula is C17H27N3O. The predicted octanol–water partition coefficient (Wildman–Crippen LogP) is 3.42. The predicted molar refractivity (Wildman–Crippen MR) is 86.4 cm³/mol. The highest BCUT2D eigenvalue weighted by atomic mass is 16.4. The van der Waals surface area contributed by atoms with E-state index < -0.39 is 0 Å². The highest BCUT2D eigenvalue weighted by molar-refractivity contribution is 5.80. The lowest BCUT2D eigenvalue weighted by Gasteiger charge is -2.37. The molecule has 2 unspecified atom stereocenters. The summed E-state index contributed by atoms with van der Waals surface area (Å²) in [6.07, 6.45) is 5.45. The van der Waals surface area contributed by atoms with Gasteiger partial charge in [0.15, 0.2) is 0 Å². The van der Waals surface area contributed by atoms with E-state index in [1.807, 2.05) is 18.2 Å². The van der Waals surface area contributed by atoms with Crippen LogP contribution in [0.3, 0.4) is 0 Å². The van der Waals surface area contributed by atoms with E-state index in [1.54, 1.807) is 0 Å². The molecule has 116 valence electrons. The largest absolute Gasteiger partial charge is 0.409 e. The molecular weight excluding hydrogens is 262 g/mol. The smallest absolute Gasteiger partial charge is 0.141 e. The van der Waals surface area contributed by atoms with E-state index in [0.29, 0.717) is 17.9 Å². The van der Waals surface area contributed by atoms with Crippen molar-refractivity contribution >= 4 is 5.84 Å². The molecule has 0 bridgehead atoms. The molecule has 0 heterocycles. The van der Waals surface area contributed by atoms with Gasteiger partial charge in [0.25, 0.3) is 0 Å². The molecule has 21 heavy (non-hydrogen) atoms. The molecule has 0 aliphatic heterocycles. The number of hydrogen-bond donors (Lipinski definition) is 3. The number of nitrogens with two attached hydrogens (primary N) is 1. The van der Waals surface area contributed by atoms with Crippen LogP contribution in [0.25, 0.3) is 0 Å².